The molecule has 0 unspecified atom stereocenters. The third kappa shape index (κ3) is 1.45. The van der Waals surface area contributed by atoms with Crippen LogP contribution in [0, 0.1) is 20.8 Å². The molecule has 0 aliphatic rings. The van der Waals surface area contributed by atoms with E-state index < -0.39 is 0 Å². The van der Waals surface area contributed by atoms with Gasteiger partial charge in [-0.25, -0.2) is 0 Å². The van der Waals surface area contributed by atoms with Crippen molar-refractivity contribution in [1.29, 1.82) is 0 Å². The third-order valence-electron chi connectivity index (χ3n) is 2.51. The highest BCUT2D eigenvalue weighted by Crippen LogP contribution is 2.23. The van der Waals surface area contributed by atoms with E-state index in [0.29, 0.717) is 0 Å². The molecular weight excluding hydrogens is 146 g/mol. The molecule has 0 aliphatic carbocycles. The lowest BCUT2D eigenvalue weighted by Gasteiger charge is -2.18. The highest BCUT2D eigenvalue weighted by atomic mass is 15.1. The van der Waals surface area contributed by atoms with Crippen LogP contribution in [0.25, 0.3) is 0 Å². The van der Waals surface area contributed by atoms with Gasteiger partial charge in [-0.2, -0.15) is 0 Å². The fourth-order valence-corrected chi connectivity index (χ4v) is 1.43. The first kappa shape index (κ1) is 9.11. The second-order valence-corrected chi connectivity index (χ2v) is 3.55. The van der Waals surface area contributed by atoms with Crippen LogP contribution >= 0.6 is 0 Å². The molecule has 1 aromatic rings. The Bertz CT molecular complexity index is 287. The first-order valence-corrected chi connectivity index (χ1v) is 4.28. The normalized spacial score (nSPS) is 10.1. The lowest BCUT2D eigenvalue weighted by atomic mass is 10.0. The fourth-order valence-electron chi connectivity index (χ4n) is 1.43. The van der Waals surface area contributed by atoms with E-state index in [9.17, 15) is 0 Å². The second-order valence-electron chi connectivity index (χ2n) is 3.55. The minimum atomic E-state index is 1.32. The molecule has 0 N–H and O–H groups in total. The largest absolute Gasteiger partial charge is 0.377 e. The van der Waals surface area contributed by atoms with Crippen LogP contribution in [0.2, 0.25) is 0 Å². The van der Waals surface area contributed by atoms with Gasteiger partial charge in [-0.05, 0) is 43.5 Å². The van der Waals surface area contributed by atoms with Crippen molar-refractivity contribution >= 4 is 5.69 Å². The summed E-state index contributed by atoms with van der Waals surface area (Å²) < 4.78 is 0. The van der Waals surface area contributed by atoms with E-state index in [1.807, 2.05) is 0 Å². The van der Waals surface area contributed by atoms with E-state index in [0.717, 1.165) is 0 Å². The molecule has 0 amide bonds. The van der Waals surface area contributed by atoms with Crippen LogP contribution in [0.5, 0.6) is 0 Å². The van der Waals surface area contributed by atoms with Crippen molar-refractivity contribution in [2.45, 2.75) is 20.8 Å². The summed E-state index contributed by atoms with van der Waals surface area (Å²) in [6.45, 7) is 6.51. The molecule has 0 heterocycles. The van der Waals surface area contributed by atoms with Gasteiger partial charge in [0.1, 0.15) is 0 Å². The predicted octanol–water partition coefficient (Wildman–Crippen LogP) is 2.68. The summed E-state index contributed by atoms with van der Waals surface area (Å²) in [4.78, 5) is 2.15. The van der Waals surface area contributed by atoms with Crippen molar-refractivity contribution in [2.75, 3.05) is 19.0 Å². The van der Waals surface area contributed by atoms with E-state index in [1.54, 1.807) is 0 Å². The summed E-state index contributed by atoms with van der Waals surface area (Å²) in [7, 11) is 4.16. The number of anilines is 1. The predicted molar refractivity (Wildman–Crippen MR) is 55.0 cm³/mol. The van der Waals surface area contributed by atoms with Crippen LogP contribution in [0.3, 0.4) is 0 Å². The zero-order valence-electron chi connectivity index (χ0n) is 8.60. The molecule has 0 bridgehead atoms. The maximum absolute atomic E-state index is 2.18. The Morgan fingerprint density at radius 2 is 1.50 bits per heavy atom. The molecule has 12 heavy (non-hydrogen) atoms. The molecule has 0 atom stereocenters. The van der Waals surface area contributed by atoms with Crippen LogP contribution in [0.15, 0.2) is 12.1 Å². The Kier molecular flexibility index (Phi) is 2.41. The van der Waals surface area contributed by atoms with Crippen molar-refractivity contribution in [1.82, 2.24) is 0 Å². The molecule has 1 rings (SSSR count). The molecule has 1 nitrogen and oxygen atoms in total. The molecule has 0 saturated carbocycles. The second kappa shape index (κ2) is 3.18. The van der Waals surface area contributed by atoms with Gasteiger partial charge in [-0.15, -0.1) is 0 Å². The van der Waals surface area contributed by atoms with Crippen LogP contribution in [-0.2, 0) is 0 Å². The highest BCUT2D eigenvalue weighted by Gasteiger charge is 2.03. The molecule has 0 aliphatic heterocycles. The number of nitrogens with zero attached hydrogens (tertiary/aromatic N) is 1. The summed E-state index contributed by atoms with van der Waals surface area (Å²) in [5.41, 5.74) is 5.48. The molecule has 0 fully saturated rings. The van der Waals surface area contributed by atoms with Gasteiger partial charge < -0.3 is 4.90 Å². The SMILES string of the molecule is Cc1ccc(N(C)C)c(C)c1C. The summed E-state index contributed by atoms with van der Waals surface area (Å²) in [5, 5.41) is 0. The number of rotatable bonds is 1. The summed E-state index contributed by atoms with van der Waals surface area (Å²) in [6, 6.07) is 4.36. The molecule has 1 aromatic carbocycles. The van der Waals surface area contributed by atoms with E-state index >= 15 is 0 Å². The number of hydrogen-bond donors (Lipinski definition) is 0. The molecule has 1 heteroatoms. The van der Waals surface area contributed by atoms with Gasteiger partial charge in [0.05, 0.1) is 0 Å². The average Bonchev–Trinajstić information content (AvgIpc) is 2.00. The monoisotopic (exact) mass is 163 g/mol. The van der Waals surface area contributed by atoms with Crippen molar-refractivity contribution in [3.63, 3.8) is 0 Å². The zero-order valence-corrected chi connectivity index (χ0v) is 8.60. The third-order valence-corrected chi connectivity index (χ3v) is 2.51. The number of benzene rings is 1. The molecular formula is C11H17N. The Labute approximate surface area is 75.0 Å². The van der Waals surface area contributed by atoms with Gasteiger partial charge in [-0.1, -0.05) is 6.07 Å². The lowest BCUT2D eigenvalue weighted by molar-refractivity contribution is 1.10. The fraction of sp³-hybridized carbons (Fsp3) is 0.455. The Balaban J connectivity index is 3.27. The zero-order chi connectivity index (χ0) is 9.30. The quantitative estimate of drug-likeness (QED) is 0.615. The van der Waals surface area contributed by atoms with Gasteiger partial charge in [0.15, 0.2) is 0 Å². The Morgan fingerprint density at radius 3 is 2.00 bits per heavy atom. The molecule has 0 aromatic heterocycles. The van der Waals surface area contributed by atoms with Crippen molar-refractivity contribution < 1.29 is 0 Å². The standard InChI is InChI=1S/C11H17N/c1-8-6-7-11(12(4)5)10(3)9(8)2/h6-7H,1-5H3. The maximum atomic E-state index is 2.18. The molecule has 0 radical (unpaired) electrons. The first-order valence-electron chi connectivity index (χ1n) is 4.28. The topological polar surface area (TPSA) is 3.24 Å². The average molecular weight is 163 g/mol. The van der Waals surface area contributed by atoms with Crippen molar-refractivity contribution in [3.8, 4) is 0 Å². The van der Waals surface area contributed by atoms with Crippen LogP contribution < -0.4 is 4.90 Å². The van der Waals surface area contributed by atoms with E-state index in [1.165, 1.54) is 22.4 Å². The van der Waals surface area contributed by atoms with Crippen LogP contribution in [-0.4, -0.2) is 14.1 Å². The molecule has 66 valence electrons. The first-order chi connectivity index (χ1) is 5.54. The lowest BCUT2D eigenvalue weighted by Crippen LogP contribution is -2.11. The van der Waals surface area contributed by atoms with Gasteiger partial charge in [0.2, 0.25) is 0 Å². The smallest absolute Gasteiger partial charge is 0.0393 e. The van der Waals surface area contributed by atoms with Crippen LogP contribution in [0.4, 0.5) is 5.69 Å². The highest BCUT2D eigenvalue weighted by molar-refractivity contribution is 5.56. The van der Waals surface area contributed by atoms with E-state index in [2.05, 4.69) is 51.9 Å². The Hall–Kier alpha value is -0.980. The summed E-state index contributed by atoms with van der Waals surface area (Å²) in [5.74, 6) is 0. The molecule has 0 saturated heterocycles. The van der Waals surface area contributed by atoms with E-state index in [4.69, 9.17) is 0 Å². The van der Waals surface area contributed by atoms with Gasteiger partial charge in [-0.3, -0.25) is 0 Å². The Morgan fingerprint density at radius 1 is 0.917 bits per heavy atom. The summed E-state index contributed by atoms with van der Waals surface area (Å²) in [6.07, 6.45) is 0. The minimum Gasteiger partial charge on any atom is -0.377 e. The van der Waals surface area contributed by atoms with E-state index in [-0.39, 0.29) is 0 Å². The number of hydrogen-bond acceptors (Lipinski definition) is 1. The van der Waals surface area contributed by atoms with Gasteiger partial charge >= 0.3 is 0 Å². The van der Waals surface area contributed by atoms with Crippen molar-refractivity contribution in [3.05, 3.63) is 28.8 Å². The summed E-state index contributed by atoms with van der Waals surface area (Å²) >= 11 is 0. The molecule has 0 spiro atoms. The van der Waals surface area contributed by atoms with Crippen LogP contribution in [0.1, 0.15) is 16.7 Å². The van der Waals surface area contributed by atoms with Crippen molar-refractivity contribution in [2.24, 2.45) is 0 Å². The van der Waals surface area contributed by atoms with Gasteiger partial charge in [0.25, 0.3) is 0 Å². The minimum absolute atomic E-state index is 1.32. The number of aryl methyl sites for hydroxylation is 1. The van der Waals surface area contributed by atoms with Gasteiger partial charge in [0, 0.05) is 19.8 Å². The maximum Gasteiger partial charge on any atom is 0.0393 e.